The molecule has 26 heavy (non-hydrogen) atoms. The molecule has 0 fully saturated rings. The predicted molar refractivity (Wildman–Crippen MR) is 110 cm³/mol. The van der Waals surface area contributed by atoms with Gasteiger partial charge in [-0.05, 0) is 35.8 Å². The Kier molecular flexibility index (Phi) is 5.99. The molecular formula is C21H25N3OS. The minimum absolute atomic E-state index is 0.00353. The molecule has 1 aromatic carbocycles. The van der Waals surface area contributed by atoms with E-state index in [1.807, 2.05) is 24.0 Å². The van der Waals surface area contributed by atoms with Crippen molar-refractivity contribution in [2.45, 2.75) is 31.6 Å². The lowest BCUT2D eigenvalue weighted by Crippen LogP contribution is -2.22. The average Bonchev–Trinajstić information content (AvgIpc) is 2.92. The molecule has 5 heteroatoms. The highest BCUT2D eigenvalue weighted by atomic mass is 32.2. The van der Waals surface area contributed by atoms with Gasteiger partial charge in [0.15, 0.2) is 0 Å². The molecule has 2 heterocycles. The Balaban J connectivity index is 2.10. The van der Waals surface area contributed by atoms with Gasteiger partial charge in [0.2, 0.25) is 5.91 Å². The van der Waals surface area contributed by atoms with Gasteiger partial charge in [-0.2, -0.15) is 0 Å². The SMILES string of the molecule is CCCSc1cnc2c(c1)c(CCNC(C)=O)c(-c1ccccc1)n2C. The first-order valence-corrected chi connectivity index (χ1v) is 10.00. The molecule has 2 aromatic heterocycles. The van der Waals surface area contributed by atoms with Crippen molar-refractivity contribution in [1.29, 1.82) is 0 Å². The molecular weight excluding hydrogens is 342 g/mol. The Morgan fingerprint density at radius 1 is 1.27 bits per heavy atom. The quantitative estimate of drug-likeness (QED) is 0.629. The number of aromatic nitrogens is 2. The topological polar surface area (TPSA) is 46.9 Å². The number of carbonyl (C=O) groups excluding carboxylic acids is 1. The van der Waals surface area contributed by atoms with Crippen LogP contribution < -0.4 is 5.32 Å². The van der Waals surface area contributed by atoms with Gasteiger partial charge in [0.1, 0.15) is 5.65 Å². The van der Waals surface area contributed by atoms with Gasteiger partial charge in [0, 0.05) is 37.0 Å². The van der Waals surface area contributed by atoms with E-state index in [0.717, 1.165) is 24.2 Å². The first-order chi connectivity index (χ1) is 12.6. The zero-order valence-corrected chi connectivity index (χ0v) is 16.4. The molecule has 0 spiro atoms. The summed E-state index contributed by atoms with van der Waals surface area (Å²) in [5.74, 6) is 1.09. The van der Waals surface area contributed by atoms with E-state index in [4.69, 9.17) is 4.98 Å². The summed E-state index contributed by atoms with van der Waals surface area (Å²) in [6.07, 6.45) is 3.89. The van der Waals surface area contributed by atoms with E-state index in [1.54, 1.807) is 6.92 Å². The van der Waals surface area contributed by atoms with E-state index < -0.39 is 0 Å². The van der Waals surface area contributed by atoms with Crippen LogP contribution in [0.3, 0.4) is 0 Å². The van der Waals surface area contributed by atoms with Gasteiger partial charge < -0.3 is 9.88 Å². The number of pyridine rings is 1. The van der Waals surface area contributed by atoms with E-state index in [0.29, 0.717) is 6.54 Å². The van der Waals surface area contributed by atoms with E-state index in [9.17, 15) is 4.79 Å². The molecule has 3 rings (SSSR count). The summed E-state index contributed by atoms with van der Waals surface area (Å²) in [6.45, 7) is 4.37. The van der Waals surface area contributed by atoms with Crippen LogP contribution >= 0.6 is 11.8 Å². The maximum Gasteiger partial charge on any atom is 0.216 e. The lowest BCUT2D eigenvalue weighted by atomic mass is 10.0. The molecule has 4 nitrogen and oxygen atoms in total. The number of nitrogens with zero attached hydrogens (tertiary/aromatic N) is 2. The van der Waals surface area contributed by atoms with Crippen molar-refractivity contribution in [3.05, 3.63) is 48.2 Å². The Morgan fingerprint density at radius 2 is 2.04 bits per heavy atom. The number of fused-ring (bicyclic) bond motifs is 1. The van der Waals surface area contributed by atoms with Crippen LogP contribution in [-0.4, -0.2) is 27.8 Å². The normalized spacial score (nSPS) is 11.0. The highest BCUT2D eigenvalue weighted by Gasteiger charge is 2.18. The number of carbonyl (C=O) groups is 1. The molecule has 1 N–H and O–H groups in total. The molecule has 0 atom stereocenters. The Morgan fingerprint density at radius 3 is 2.73 bits per heavy atom. The van der Waals surface area contributed by atoms with Crippen molar-refractivity contribution in [3.8, 4) is 11.3 Å². The van der Waals surface area contributed by atoms with Crippen molar-refractivity contribution in [2.24, 2.45) is 7.05 Å². The lowest BCUT2D eigenvalue weighted by Gasteiger charge is -2.08. The summed E-state index contributed by atoms with van der Waals surface area (Å²) in [5.41, 5.74) is 4.58. The summed E-state index contributed by atoms with van der Waals surface area (Å²) in [5, 5.41) is 4.10. The van der Waals surface area contributed by atoms with E-state index in [1.165, 1.54) is 27.1 Å². The maximum absolute atomic E-state index is 11.3. The predicted octanol–water partition coefficient (Wildman–Crippen LogP) is 4.42. The number of benzene rings is 1. The van der Waals surface area contributed by atoms with Crippen molar-refractivity contribution in [2.75, 3.05) is 12.3 Å². The smallest absolute Gasteiger partial charge is 0.216 e. The summed E-state index contributed by atoms with van der Waals surface area (Å²) in [7, 11) is 2.07. The van der Waals surface area contributed by atoms with Crippen LogP contribution in [0.4, 0.5) is 0 Å². The second-order valence-corrected chi connectivity index (χ2v) is 7.54. The maximum atomic E-state index is 11.3. The van der Waals surface area contributed by atoms with Crippen LogP contribution in [0.15, 0.2) is 47.5 Å². The Labute approximate surface area is 159 Å². The van der Waals surface area contributed by atoms with Crippen LogP contribution in [0.25, 0.3) is 22.3 Å². The van der Waals surface area contributed by atoms with Crippen LogP contribution in [0, 0.1) is 0 Å². The fourth-order valence-electron chi connectivity index (χ4n) is 3.24. The third-order valence-corrected chi connectivity index (χ3v) is 5.54. The van der Waals surface area contributed by atoms with Gasteiger partial charge in [-0.1, -0.05) is 37.3 Å². The minimum atomic E-state index is 0.00353. The summed E-state index contributed by atoms with van der Waals surface area (Å²) >= 11 is 1.84. The van der Waals surface area contributed by atoms with Gasteiger partial charge >= 0.3 is 0 Å². The minimum Gasteiger partial charge on any atom is -0.356 e. The summed E-state index contributed by atoms with van der Waals surface area (Å²) in [4.78, 5) is 17.2. The van der Waals surface area contributed by atoms with E-state index >= 15 is 0 Å². The van der Waals surface area contributed by atoms with Gasteiger partial charge in [0.05, 0.1) is 5.69 Å². The number of hydrogen-bond donors (Lipinski definition) is 1. The Bertz CT molecular complexity index is 903. The highest BCUT2D eigenvalue weighted by Crippen LogP contribution is 2.34. The largest absolute Gasteiger partial charge is 0.356 e. The number of thioether (sulfide) groups is 1. The second kappa shape index (κ2) is 8.41. The molecule has 0 aliphatic heterocycles. The van der Waals surface area contributed by atoms with Gasteiger partial charge in [0.25, 0.3) is 0 Å². The fourth-order valence-corrected chi connectivity index (χ4v) is 4.01. The third-order valence-electron chi connectivity index (χ3n) is 4.37. The second-order valence-electron chi connectivity index (χ2n) is 6.38. The first-order valence-electron chi connectivity index (χ1n) is 9.01. The molecule has 0 unspecified atom stereocenters. The molecule has 0 saturated carbocycles. The van der Waals surface area contributed by atoms with Crippen LogP contribution in [0.1, 0.15) is 25.8 Å². The molecule has 0 bridgehead atoms. The van der Waals surface area contributed by atoms with Crippen LogP contribution in [0.2, 0.25) is 0 Å². The highest BCUT2D eigenvalue weighted by molar-refractivity contribution is 7.99. The molecule has 3 aromatic rings. The molecule has 0 aliphatic carbocycles. The third kappa shape index (κ3) is 3.93. The summed E-state index contributed by atoms with van der Waals surface area (Å²) in [6, 6.07) is 12.6. The van der Waals surface area contributed by atoms with Gasteiger partial charge in [-0.15, -0.1) is 11.8 Å². The van der Waals surface area contributed by atoms with E-state index in [-0.39, 0.29) is 5.91 Å². The zero-order chi connectivity index (χ0) is 18.5. The van der Waals surface area contributed by atoms with Gasteiger partial charge in [-0.25, -0.2) is 4.98 Å². The standard InChI is InChI=1S/C21H25N3OS/c1-4-12-26-17-13-19-18(10-11-22-15(2)25)20(16-8-6-5-7-9-16)24(3)21(19)23-14-17/h5-9,13-14H,4,10-12H2,1-3H3,(H,22,25). The molecule has 0 radical (unpaired) electrons. The van der Waals surface area contributed by atoms with Crippen molar-refractivity contribution in [1.82, 2.24) is 14.9 Å². The number of rotatable bonds is 7. The van der Waals surface area contributed by atoms with Crippen molar-refractivity contribution < 1.29 is 4.79 Å². The number of amides is 1. The van der Waals surface area contributed by atoms with Crippen molar-refractivity contribution in [3.63, 3.8) is 0 Å². The first kappa shape index (κ1) is 18.5. The fraction of sp³-hybridized carbons (Fsp3) is 0.333. The van der Waals surface area contributed by atoms with Crippen LogP contribution in [-0.2, 0) is 18.3 Å². The average molecular weight is 368 g/mol. The van der Waals surface area contributed by atoms with Crippen molar-refractivity contribution >= 4 is 28.7 Å². The molecule has 0 aliphatic rings. The van der Waals surface area contributed by atoms with Crippen LogP contribution in [0.5, 0.6) is 0 Å². The molecule has 1 amide bonds. The molecule has 0 saturated heterocycles. The summed E-state index contributed by atoms with van der Waals surface area (Å²) < 4.78 is 2.17. The number of nitrogens with one attached hydrogen (secondary N) is 1. The lowest BCUT2D eigenvalue weighted by molar-refractivity contribution is -0.118. The van der Waals surface area contributed by atoms with Gasteiger partial charge in [-0.3, -0.25) is 4.79 Å². The molecule has 136 valence electrons. The number of hydrogen-bond acceptors (Lipinski definition) is 3. The Hall–Kier alpha value is -2.27. The zero-order valence-electron chi connectivity index (χ0n) is 15.6. The monoisotopic (exact) mass is 367 g/mol. The number of aryl methyl sites for hydroxylation is 1. The van der Waals surface area contributed by atoms with E-state index in [2.05, 4.69) is 54.2 Å².